The maximum Gasteiger partial charge on any atom is 0.308 e. The minimum absolute atomic E-state index is 0.00524. The molecule has 0 bridgehead atoms. The molecule has 7 heteroatoms. The molecule has 1 saturated heterocycles. The van der Waals surface area contributed by atoms with Gasteiger partial charge in [0.15, 0.2) is 0 Å². The lowest BCUT2D eigenvalue weighted by Crippen LogP contribution is -2.33. The number of piperidine rings is 1. The van der Waals surface area contributed by atoms with Crippen LogP contribution in [0.15, 0.2) is 0 Å². The van der Waals surface area contributed by atoms with Gasteiger partial charge in [-0.25, -0.2) is 0 Å². The van der Waals surface area contributed by atoms with E-state index in [0.717, 1.165) is 167 Å². The zero-order valence-electron chi connectivity index (χ0n) is 32.2. The molecule has 0 saturated carbocycles. The van der Waals surface area contributed by atoms with E-state index in [-0.39, 0.29) is 35.8 Å². The molecule has 282 valence electrons. The summed E-state index contributed by atoms with van der Waals surface area (Å²) in [6.45, 7) is 11.8. The lowest BCUT2D eigenvalue weighted by Gasteiger charge is -2.29. The predicted octanol–water partition coefficient (Wildman–Crippen LogP) is 10.6. The van der Waals surface area contributed by atoms with Crippen molar-refractivity contribution in [2.45, 2.75) is 194 Å². The molecule has 0 aliphatic carbocycles. The highest BCUT2D eigenvalue weighted by molar-refractivity contribution is 5.72. The molecule has 0 aromatic heterocycles. The molecule has 0 aromatic rings. The summed E-state index contributed by atoms with van der Waals surface area (Å²) < 4.78 is 17.4. The third kappa shape index (κ3) is 22.9. The van der Waals surface area contributed by atoms with Gasteiger partial charge in [0.2, 0.25) is 0 Å². The molecule has 7 nitrogen and oxygen atoms in total. The standard InChI is InChI=1S/C41H77NO6/c1-6-10-24-36(25-11-7-2)40(44)46-31-20-16-14-18-28-38(48-39(43)33-35-23-22-30-42(5)34-35)29-19-15-17-21-32-47-41(45)37(26-12-8-3)27-13-9-4/h35-38H,6-34H2,1-5H3. The Kier molecular flexibility index (Phi) is 27.9. The Hall–Kier alpha value is -1.63. The van der Waals surface area contributed by atoms with Crippen molar-refractivity contribution in [3.05, 3.63) is 0 Å². The Balaban J connectivity index is 2.41. The molecule has 1 unspecified atom stereocenters. The van der Waals surface area contributed by atoms with E-state index in [4.69, 9.17) is 14.2 Å². The Morgan fingerprint density at radius 3 is 1.46 bits per heavy atom. The van der Waals surface area contributed by atoms with E-state index in [2.05, 4.69) is 39.6 Å². The van der Waals surface area contributed by atoms with E-state index in [9.17, 15) is 14.4 Å². The van der Waals surface area contributed by atoms with Crippen LogP contribution in [0, 0.1) is 17.8 Å². The summed E-state index contributed by atoms with van der Waals surface area (Å²) >= 11 is 0. The summed E-state index contributed by atoms with van der Waals surface area (Å²) in [7, 11) is 2.14. The average molecular weight is 680 g/mol. The van der Waals surface area contributed by atoms with Crippen molar-refractivity contribution in [2.75, 3.05) is 33.4 Å². The van der Waals surface area contributed by atoms with Crippen molar-refractivity contribution >= 4 is 17.9 Å². The number of hydrogen-bond acceptors (Lipinski definition) is 7. The first-order chi connectivity index (χ1) is 23.3. The van der Waals surface area contributed by atoms with Gasteiger partial charge in [-0.3, -0.25) is 14.4 Å². The third-order valence-electron chi connectivity index (χ3n) is 10.1. The van der Waals surface area contributed by atoms with Crippen molar-refractivity contribution in [1.29, 1.82) is 0 Å². The lowest BCUT2D eigenvalue weighted by molar-refractivity contribution is -0.151. The Labute approximate surface area is 296 Å². The molecule has 0 N–H and O–H groups in total. The molecule has 1 aliphatic heterocycles. The second kappa shape index (κ2) is 30.2. The van der Waals surface area contributed by atoms with E-state index in [1.54, 1.807) is 0 Å². The first-order valence-electron chi connectivity index (χ1n) is 20.6. The van der Waals surface area contributed by atoms with Gasteiger partial charge in [0, 0.05) is 13.0 Å². The monoisotopic (exact) mass is 680 g/mol. The first kappa shape index (κ1) is 44.4. The van der Waals surface area contributed by atoms with Gasteiger partial charge in [-0.1, -0.05) is 105 Å². The minimum Gasteiger partial charge on any atom is -0.465 e. The zero-order chi connectivity index (χ0) is 35.2. The van der Waals surface area contributed by atoms with Gasteiger partial charge in [0.1, 0.15) is 6.10 Å². The van der Waals surface area contributed by atoms with Crippen LogP contribution >= 0.6 is 0 Å². The molecule has 1 atom stereocenters. The number of ether oxygens (including phenoxy) is 3. The van der Waals surface area contributed by atoms with Crippen LogP contribution < -0.4 is 0 Å². The van der Waals surface area contributed by atoms with Crippen LogP contribution in [0.4, 0.5) is 0 Å². The van der Waals surface area contributed by atoms with Crippen LogP contribution in [0.3, 0.4) is 0 Å². The normalized spacial score (nSPS) is 15.4. The van der Waals surface area contributed by atoms with Gasteiger partial charge < -0.3 is 19.1 Å². The molecule has 1 rings (SSSR count). The minimum atomic E-state index is -0.0412. The van der Waals surface area contributed by atoms with Gasteiger partial charge >= 0.3 is 17.9 Å². The van der Waals surface area contributed by atoms with E-state index < -0.39 is 0 Å². The van der Waals surface area contributed by atoms with E-state index in [1.165, 1.54) is 0 Å². The fraction of sp³-hybridized carbons (Fsp3) is 0.927. The van der Waals surface area contributed by atoms with Crippen LogP contribution in [0.1, 0.15) is 188 Å². The van der Waals surface area contributed by atoms with Crippen LogP contribution in [-0.4, -0.2) is 62.3 Å². The molecular weight excluding hydrogens is 602 g/mol. The summed E-state index contributed by atoms with van der Waals surface area (Å²) in [4.78, 5) is 40.5. The molecule has 0 aromatic carbocycles. The SMILES string of the molecule is CCCCC(CCCC)C(=O)OCCCCCCC(CCCCCCOC(=O)C(CCCC)CCCC)OC(=O)CC1CCCN(C)C1. The molecule has 0 radical (unpaired) electrons. The van der Waals surface area contributed by atoms with Crippen LogP contribution in [0.25, 0.3) is 0 Å². The van der Waals surface area contributed by atoms with Crippen LogP contribution in [0.5, 0.6) is 0 Å². The number of unbranched alkanes of at least 4 members (excludes halogenated alkanes) is 10. The number of likely N-dealkylation sites (tertiary alicyclic amines) is 1. The second-order valence-electron chi connectivity index (χ2n) is 14.8. The highest BCUT2D eigenvalue weighted by Crippen LogP contribution is 2.23. The van der Waals surface area contributed by atoms with Gasteiger partial charge in [0.25, 0.3) is 0 Å². The fourth-order valence-corrected chi connectivity index (χ4v) is 6.97. The van der Waals surface area contributed by atoms with E-state index >= 15 is 0 Å². The van der Waals surface area contributed by atoms with Gasteiger partial charge in [0.05, 0.1) is 25.0 Å². The maximum absolute atomic E-state index is 12.9. The van der Waals surface area contributed by atoms with Crippen molar-refractivity contribution in [2.24, 2.45) is 17.8 Å². The molecular formula is C41H77NO6. The maximum atomic E-state index is 12.9. The molecule has 0 amide bonds. The highest BCUT2D eigenvalue weighted by Gasteiger charge is 2.23. The topological polar surface area (TPSA) is 82.1 Å². The second-order valence-corrected chi connectivity index (χ2v) is 14.8. The van der Waals surface area contributed by atoms with Crippen LogP contribution in [-0.2, 0) is 28.6 Å². The van der Waals surface area contributed by atoms with Gasteiger partial charge in [-0.05, 0) is 96.6 Å². The Morgan fingerprint density at radius 2 is 1.04 bits per heavy atom. The Morgan fingerprint density at radius 1 is 0.604 bits per heavy atom. The summed E-state index contributed by atoms with van der Waals surface area (Å²) in [6, 6.07) is 0. The number of hydrogen-bond donors (Lipinski definition) is 0. The van der Waals surface area contributed by atoms with E-state index in [0.29, 0.717) is 25.6 Å². The number of esters is 3. The summed E-state index contributed by atoms with van der Waals surface area (Å²) in [5.41, 5.74) is 0. The summed E-state index contributed by atoms with van der Waals surface area (Å²) in [5.74, 6) is 0.462. The van der Waals surface area contributed by atoms with Gasteiger partial charge in [-0.2, -0.15) is 0 Å². The lowest BCUT2D eigenvalue weighted by atomic mass is 9.95. The van der Waals surface area contributed by atoms with Gasteiger partial charge in [-0.15, -0.1) is 0 Å². The smallest absolute Gasteiger partial charge is 0.308 e. The van der Waals surface area contributed by atoms with E-state index in [1.807, 2.05) is 0 Å². The number of carbonyl (C=O) groups is 3. The fourth-order valence-electron chi connectivity index (χ4n) is 6.97. The molecule has 1 heterocycles. The largest absolute Gasteiger partial charge is 0.465 e. The number of rotatable bonds is 31. The summed E-state index contributed by atoms with van der Waals surface area (Å²) in [5, 5.41) is 0. The summed E-state index contributed by atoms with van der Waals surface area (Å²) in [6.07, 6.45) is 25.0. The molecule has 1 fully saturated rings. The molecule has 0 spiro atoms. The molecule has 1 aliphatic rings. The zero-order valence-corrected chi connectivity index (χ0v) is 32.2. The Bertz CT molecular complexity index is 742. The van der Waals surface area contributed by atoms with Crippen molar-refractivity contribution in [3.8, 4) is 0 Å². The first-order valence-corrected chi connectivity index (χ1v) is 20.6. The number of nitrogens with zero attached hydrogens (tertiary/aromatic N) is 1. The van der Waals surface area contributed by atoms with Crippen LogP contribution in [0.2, 0.25) is 0 Å². The third-order valence-corrected chi connectivity index (χ3v) is 10.1. The predicted molar refractivity (Wildman–Crippen MR) is 198 cm³/mol. The van der Waals surface area contributed by atoms with Crippen molar-refractivity contribution < 1.29 is 28.6 Å². The average Bonchev–Trinajstić information content (AvgIpc) is 3.07. The quantitative estimate of drug-likeness (QED) is 0.0410. The van der Waals surface area contributed by atoms with Crippen molar-refractivity contribution in [3.63, 3.8) is 0 Å². The number of carbonyl (C=O) groups excluding carboxylic acids is 3. The molecule has 48 heavy (non-hydrogen) atoms. The highest BCUT2D eigenvalue weighted by atomic mass is 16.5. The van der Waals surface area contributed by atoms with Crippen molar-refractivity contribution in [1.82, 2.24) is 4.90 Å².